The van der Waals surface area contributed by atoms with Gasteiger partial charge in [-0.2, -0.15) is 13.2 Å². The summed E-state index contributed by atoms with van der Waals surface area (Å²) in [5, 5.41) is 3.17. The average molecular weight is 316 g/mol. The number of nitrogens with one attached hydrogen (secondary N) is 1. The summed E-state index contributed by atoms with van der Waals surface area (Å²) in [4.78, 5) is 13.9. The lowest BCUT2D eigenvalue weighted by Crippen LogP contribution is -2.42. The Morgan fingerprint density at radius 2 is 2.00 bits per heavy atom. The highest BCUT2D eigenvalue weighted by atomic mass is 19.4. The van der Waals surface area contributed by atoms with E-state index in [9.17, 15) is 18.0 Å². The first-order chi connectivity index (χ1) is 10.4. The first kappa shape index (κ1) is 16.6. The van der Waals surface area contributed by atoms with Crippen molar-refractivity contribution in [2.24, 2.45) is 0 Å². The normalized spacial score (nSPS) is 17.7. The van der Waals surface area contributed by atoms with Gasteiger partial charge in [-0.1, -0.05) is 12.1 Å². The van der Waals surface area contributed by atoms with Crippen LogP contribution in [0.1, 0.15) is 18.9 Å². The minimum absolute atomic E-state index is 0.291. The molecular formula is C15H19F3N2O2. The number of hydrogen-bond acceptors (Lipinski definition) is 3. The Hall–Kier alpha value is -1.76. The van der Waals surface area contributed by atoms with Crippen molar-refractivity contribution in [2.45, 2.75) is 25.6 Å². The van der Waals surface area contributed by atoms with E-state index in [1.54, 1.807) is 4.90 Å². The van der Waals surface area contributed by atoms with E-state index in [0.29, 0.717) is 19.6 Å². The van der Waals surface area contributed by atoms with Gasteiger partial charge in [0.1, 0.15) is 5.75 Å². The number of benzene rings is 1. The summed E-state index contributed by atoms with van der Waals surface area (Å²) in [6.07, 6.45) is -4.65. The maximum atomic E-state index is 12.9. The fraction of sp³-hybridized carbons (Fsp3) is 0.533. The van der Waals surface area contributed by atoms with Gasteiger partial charge in [0.25, 0.3) is 5.91 Å². The van der Waals surface area contributed by atoms with E-state index in [4.69, 9.17) is 4.74 Å². The molecule has 4 nitrogen and oxygen atoms in total. The Kier molecular flexibility index (Phi) is 5.28. The van der Waals surface area contributed by atoms with E-state index in [1.165, 1.54) is 25.1 Å². The summed E-state index contributed by atoms with van der Waals surface area (Å²) in [6, 6.07) is 4.93. The molecule has 1 unspecified atom stereocenters. The van der Waals surface area contributed by atoms with E-state index in [2.05, 4.69) is 5.32 Å². The minimum Gasteiger partial charge on any atom is -0.480 e. The molecule has 7 heteroatoms. The van der Waals surface area contributed by atoms with E-state index < -0.39 is 17.8 Å². The van der Waals surface area contributed by atoms with Crippen LogP contribution in [0.4, 0.5) is 13.2 Å². The van der Waals surface area contributed by atoms with Gasteiger partial charge < -0.3 is 15.0 Å². The molecule has 1 atom stereocenters. The van der Waals surface area contributed by atoms with E-state index in [1.807, 2.05) is 0 Å². The SMILES string of the molecule is CC(Oc1ccccc1C(F)(F)F)C(=O)N1CCCNCC1. The number of carbonyl (C=O) groups excluding carboxylic acids is 1. The Balaban J connectivity index is 2.08. The summed E-state index contributed by atoms with van der Waals surface area (Å²) in [5.74, 6) is -0.607. The lowest BCUT2D eigenvalue weighted by atomic mass is 10.2. The van der Waals surface area contributed by atoms with Crippen LogP contribution < -0.4 is 10.1 Å². The lowest BCUT2D eigenvalue weighted by Gasteiger charge is -2.25. The van der Waals surface area contributed by atoms with Crippen LogP contribution >= 0.6 is 0 Å². The number of ether oxygens (including phenoxy) is 1. The highest BCUT2D eigenvalue weighted by molar-refractivity contribution is 5.81. The number of hydrogen-bond donors (Lipinski definition) is 1. The van der Waals surface area contributed by atoms with Crippen LogP contribution in [0.15, 0.2) is 24.3 Å². The molecule has 1 aromatic rings. The van der Waals surface area contributed by atoms with E-state index >= 15 is 0 Å². The second kappa shape index (κ2) is 7.00. The number of nitrogens with zero attached hydrogens (tertiary/aromatic N) is 1. The van der Waals surface area contributed by atoms with E-state index in [-0.39, 0.29) is 11.7 Å². The van der Waals surface area contributed by atoms with E-state index in [0.717, 1.165) is 19.0 Å². The zero-order valence-electron chi connectivity index (χ0n) is 12.3. The van der Waals surface area contributed by atoms with Crippen molar-refractivity contribution in [3.8, 4) is 5.75 Å². The van der Waals surface area contributed by atoms with Crippen molar-refractivity contribution < 1.29 is 22.7 Å². The van der Waals surface area contributed by atoms with Crippen molar-refractivity contribution >= 4 is 5.91 Å². The second-order valence-corrected chi connectivity index (χ2v) is 5.18. The molecule has 0 radical (unpaired) electrons. The Morgan fingerprint density at radius 3 is 2.73 bits per heavy atom. The third kappa shape index (κ3) is 4.13. The van der Waals surface area contributed by atoms with Gasteiger partial charge in [-0.05, 0) is 32.0 Å². The predicted molar refractivity (Wildman–Crippen MR) is 75.6 cm³/mol. The molecule has 0 spiro atoms. The van der Waals surface area contributed by atoms with Crippen molar-refractivity contribution in [2.75, 3.05) is 26.2 Å². The molecule has 0 saturated carbocycles. The molecule has 0 aromatic heterocycles. The van der Waals surface area contributed by atoms with Crippen LogP contribution in [0, 0.1) is 0 Å². The zero-order valence-corrected chi connectivity index (χ0v) is 12.3. The molecule has 1 N–H and O–H groups in total. The molecule has 0 bridgehead atoms. The minimum atomic E-state index is -4.51. The van der Waals surface area contributed by atoms with Crippen LogP contribution in [0.25, 0.3) is 0 Å². The van der Waals surface area contributed by atoms with Crippen LogP contribution in [0.3, 0.4) is 0 Å². The fourth-order valence-corrected chi connectivity index (χ4v) is 2.37. The summed E-state index contributed by atoms with van der Waals surface area (Å²) < 4.78 is 44.1. The molecule has 1 heterocycles. The van der Waals surface area contributed by atoms with Crippen LogP contribution in [-0.4, -0.2) is 43.1 Å². The molecule has 1 aliphatic rings. The Bertz CT molecular complexity index is 512. The molecule has 122 valence electrons. The summed E-state index contributed by atoms with van der Waals surface area (Å²) in [5.41, 5.74) is -0.868. The average Bonchev–Trinajstić information content (AvgIpc) is 2.75. The number of carbonyl (C=O) groups is 1. The molecule has 22 heavy (non-hydrogen) atoms. The molecule has 1 aromatic carbocycles. The summed E-state index contributed by atoms with van der Waals surface area (Å²) >= 11 is 0. The predicted octanol–water partition coefficient (Wildman–Crippen LogP) is 2.29. The van der Waals surface area contributed by atoms with Gasteiger partial charge in [0.05, 0.1) is 5.56 Å². The monoisotopic (exact) mass is 316 g/mol. The molecular weight excluding hydrogens is 297 g/mol. The first-order valence-corrected chi connectivity index (χ1v) is 7.22. The highest BCUT2D eigenvalue weighted by Gasteiger charge is 2.35. The zero-order chi connectivity index (χ0) is 16.2. The van der Waals surface area contributed by atoms with Gasteiger partial charge in [0, 0.05) is 19.6 Å². The third-order valence-corrected chi connectivity index (χ3v) is 3.50. The number of rotatable bonds is 3. The first-order valence-electron chi connectivity index (χ1n) is 7.22. The Labute approximate surface area is 127 Å². The maximum absolute atomic E-state index is 12.9. The number of para-hydroxylation sites is 1. The van der Waals surface area contributed by atoms with Gasteiger partial charge >= 0.3 is 6.18 Å². The molecule has 1 saturated heterocycles. The highest BCUT2D eigenvalue weighted by Crippen LogP contribution is 2.36. The molecule has 0 aliphatic carbocycles. The van der Waals surface area contributed by atoms with Gasteiger partial charge in [0.2, 0.25) is 0 Å². The van der Waals surface area contributed by atoms with Crippen LogP contribution in [-0.2, 0) is 11.0 Å². The van der Waals surface area contributed by atoms with Crippen molar-refractivity contribution in [3.05, 3.63) is 29.8 Å². The summed E-state index contributed by atoms with van der Waals surface area (Å²) in [6.45, 7) is 4.11. The maximum Gasteiger partial charge on any atom is 0.419 e. The van der Waals surface area contributed by atoms with Gasteiger partial charge in [0.15, 0.2) is 6.10 Å². The number of alkyl halides is 3. The van der Waals surface area contributed by atoms with Gasteiger partial charge in [-0.25, -0.2) is 0 Å². The standard InChI is InChI=1S/C15H19F3N2O2/c1-11(14(21)20-9-4-7-19-8-10-20)22-13-6-3-2-5-12(13)15(16,17)18/h2-3,5-6,11,19H,4,7-10H2,1H3. The molecule has 2 rings (SSSR count). The number of amides is 1. The largest absolute Gasteiger partial charge is 0.480 e. The topological polar surface area (TPSA) is 41.6 Å². The lowest BCUT2D eigenvalue weighted by molar-refractivity contribution is -0.143. The van der Waals surface area contributed by atoms with Crippen molar-refractivity contribution in [1.82, 2.24) is 10.2 Å². The molecule has 1 fully saturated rings. The Morgan fingerprint density at radius 1 is 1.27 bits per heavy atom. The van der Waals surface area contributed by atoms with Crippen molar-refractivity contribution in [1.29, 1.82) is 0 Å². The third-order valence-electron chi connectivity index (χ3n) is 3.50. The fourth-order valence-electron chi connectivity index (χ4n) is 2.37. The quantitative estimate of drug-likeness (QED) is 0.930. The smallest absolute Gasteiger partial charge is 0.419 e. The second-order valence-electron chi connectivity index (χ2n) is 5.18. The summed E-state index contributed by atoms with van der Waals surface area (Å²) in [7, 11) is 0. The van der Waals surface area contributed by atoms with Gasteiger partial charge in [-0.3, -0.25) is 4.79 Å². The van der Waals surface area contributed by atoms with Gasteiger partial charge in [-0.15, -0.1) is 0 Å². The number of halogens is 3. The molecule has 1 aliphatic heterocycles. The van der Waals surface area contributed by atoms with Crippen LogP contribution in [0.5, 0.6) is 5.75 Å². The molecule has 1 amide bonds. The van der Waals surface area contributed by atoms with Crippen LogP contribution in [0.2, 0.25) is 0 Å². The van der Waals surface area contributed by atoms with Crippen molar-refractivity contribution in [3.63, 3.8) is 0 Å².